The van der Waals surface area contributed by atoms with E-state index < -0.39 is 16.0 Å². The SMILES string of the molecule is Cc1cc(C(=O)[O-])cc(S(=O)(=O)NCC[NH+](C)C)c1C. The highest BCUT2D eigenvalue weighted by Gasteiger charge is 2.19. The second-order valence-electron chi connectivity index (χ2n) is 5.06. The maximum Gasteiger partial charge on any atom is 0.241 e. The lowest BCUT2D eigenvalue weighted by Gasteiger charge is -2.14. The summed E-state index contributed by atoms with van der Waals surface area (Å²) in [5.74, 6) is -1.39. The molecule has 0 aliphatic heterocycles. The van der Waals surface area contributed by atoms with Crippen LogP contribution in [0.15, 0.2) is 17.0 Å². The Balaban J connectivity index is 3.14. The number of sulfonamides is 1. The molecule has 1 aromatic carbocycles. The molecule has 0 atom stereocenters. The Labute approximate surface area is 119 Å². The number of likely N-dealkylation sites (N-methyl/N-ethyl adjacent to an activating group) is 1. The van der Waals surface area contributed by atoms with Crippen molar-refractivity contribution >= 4 is 16.0 Å². The number of nitrogens with one attached hydrogen (secondary N) is 2. The van der Waals surface area contributed by atoms with Gasteiger partial charge in [0.05, 0.1) is 38.0 Å². The van der Waals surface area contributed by atoms with E-state index in [-0.39, 0.29) is 10.5 Å². The molecule has 0 heterocycles. The summed E-state index contributed by atoms with van der Waals surface area (Å²) in [6.07, 6.45) is 0. The molecule has 0 aliphatic carbocycles. The van der Waals surface area contributed by atoms with Crippen molar-refractivity contribution in [3.8, 4) is 0 Å². The van der Waals surface area contributed by atoms with Gasteiger partial charge in [-0.2, -0.15) is 0 Å². The molecule has 1 rings (SSSR count). The Kier molecular flexibility index (Phi) is 5.27. The molecule has 0 amide bonds. The zero-order chi connectivity index (χ0) is 15.5. The van der Waals surface area contributed by atoms with Gasteiger partial charge < -0.3 is 14.8 Å². The maximum absolute atomic E-state index is 12.2. The Morgan fingerprint density at radius 1 is 1.30 bits per heavy atom. The number of quaternary nitrogens is 1. The van der Waals surface area contributed by atoms with E-state index >= 15 is 0 Å². The first kappa shape index (κ1) is 16.6. The van der Waals surface area contributed by atoms with Crippen LogP contribution >= 0.6 is 0 Å². The van der Waals surface area contributed by atoms with Crippen LogP contribution in [0.1, 0.15) is 21.5 Å². The van der Waals surface area contributed by atoms with Gasteiger partial charge in [-0.25, -0.2) is 13.1 Å². The smallest absolute Gasteiger partial charge is 0.241 e. The highest BCUT2D eigenvalue weighted by molar-refractivity contribution is 7.89. The van der Waals surface area contributed by atoms with Gasteiger partial charge in [-0.15, -0.1) is 0 Å². The van der Waals surface area contributed by atoms with E-state index in [1.807, 2.05) is 14.1 Å². The molecule has 0 saturated heterocycles. The molecule has 7 heteroatoms. The summed E-state index contributed by atoms with van der Waals surface area (Å²) < 4.78 is 26.9. The third-order valence-corrected chi connectivity index (χ3v) is 4.65. The third-order valence-electron chi connectivity index (χ3n) is 3.06. The molecule has 0 unspecified atom stereocenters. The topological polar surface area (TPSA) is 90.7 Å². The number of hydrogen-bond acceptors (Lipinski definition) is 4. The third kappa shape index (κ3) is 4.03. The molecular weight excluding hydrogens is 280 g/mol. The molecule has 0 aliphatic rings. The highest BCUT2D eigenvalue weighted by Crippen LogP contribution is 2.20. The lowest BCUT2D eigenvalue weighted by atomic mass is 10.1. The van der Waals surface area contributed by atoms with Crippen molar-refractivity contribution in [3.05, 3.63) is 28.8 Å². The number of carboxylic acids is 1. The molecule has 0 spiro atoms. The summed E-state index contributed by atoms with van der Waals surface area (Å²) in [7, 11) is 0.115. The Morgan fingerprint density at radius 2 is 1.90 bits per heavy atom. The van der Waals surface area contributed by atoms with Crippen LogP contribution in [0.2, 0.25) is 0 Å². The van der Waals surface area contributed by atoms with Crippen LogP contribution in [0, 0.1) is 13.8 Å². The summed E-state index contributed by atoms with van der Waals surface area (Å²) in [6, 6.07) is 2.55. The fourth-order valence-corrected chi connectivity index (χ4v) is 3.11. The van der Waals surface area contributed by atoms with Gasteiger partial charge in [-0.1, -0.05) is 0 Å². The number of carbonyl (C=O) groups is 1. The molecule has 0 fully saturated rings. The number of benzene rings is 1. The number of aromatic carboxylic acids is 1. The van der Waals surface area contributed by atoms with Crippen molar-refractivity contribution in [2.45, 2.75) is 18.7 Å². The fraction of sp³-hybridized carbons (Fsp3) is 0.462. The van der Waals surface area contributed by atoms with Crippen molar-refractivity contribution in [1.29, 1.82) is 0 Å². The molecule has 0 aromatic heterocycles. The average molecular weight is 300 g/mol. The van der Waals surface area contributed by atoms with Crippen LogP contribution in [0.25, 0.3) is 0 Å². The van der Waals surface area contributed by atoms with Crippen LogP contribution < -0.4 is 14.7 Å². The molecule has 1 aromatic rings. The zero-order valence-electron chi connectivity index (χ0n) is 12.1. The molecule has 0 saturated carbocycles. The maximum atomic E-state index is 12.2. The van der Waals surface area contributed by atoms with E-state index in [1.165, 1.54) is 6.07 Å². The molecule has 2 N–H and O–H groups in total. The van der Waals surface area contributed by atoms with Crippen molar-refractivity contribution in [2.75, 3.05) is 27.2 Å². The van der Waals surface area contributed by atoms with Gasteiger partial charge in [-0.05, 0) is 42.7 Å². The first-order valence-electron chi connectivity index (χ1n) is 6.26. The van der Waals surface area contributed by atoms with Gasteiger partial charge in [0, 0.05) is 0 Å². The first-order chi connectivity index (χ1) is 9.15. The molecule has 112 valence electrons. The minimum Gasteiger partial charge on any atom is -0.545 e. The standard InChI is InChI=1S/C13H20N2O4S/c1-9-7-11(13(16)17)8-12(10(9)2)20(18,19)14-5-6-15(3)4/h7-8,14H,5-6H2,1-4H3,(H,16,17). The molecule has 20 heavy (non-hydrogen) atoms. The molecular formula is C13H20N2O4S. The predicted molar refractivity (Wildman–Crippen MR) is 73.1 cm³/mol. The van der Waals surface area contributed by atoms with Crippen LogP contribution in [-0.2, 0) is 10.0 Å². The van der Waals surface area contributed by atoms with Gasteiger partial charge in [0.2, 0.25) is 10.0 Å². The number of rotatable bonds is 6. The fourth-order valence-electron chi connectivity index (χ4n) is 1.74. The minimum absolute atomic E-state index is 0.00884. The number of aryl methyl sites for hydroxylation is 1. The molecule has 6 nitrogen and oxygen atoms in total. The van der Waals surface area contributed by atoms with Gasteiger partial charge in [-0.3, -0.25) is 0 Å². The van der Waals surface area contributed by atoms with Gasteiger partial charge in [0.15, 0.2) is 0 Å². The van der Waals surface area contributed by atoms with Crippen molar-refractivity contribution < 1.29 is 23.2 Å². The van der Waals surface area contributed by atoms with E-state index in [0.717, 1.165) is 11.0 Å². The zero-order valence-corrected chi connectivity index (χ0v) is 12.9. The van der Waals surface area contributed by atoms with Crippen molar-refractivity contribution in [2.24, 2.45) is 0 Å². The van der Waals surface area contributed by atoms with Crippen LogP contribution in [0.4, 0.5) is 0 Å². The summed E-state index contributed by atoms with van der Waals surface area (Å²) in [5.41, 5.74) is 1.01. The summed E-state index contributed by atoms with van der Waals surface area (Å²) >= 11 is 0. The van der Waals surface area contributed by atoms with Crippen LogP contribution in [-0.4, -0.2) is 41.6 Å². The van der Waals surface area contributed by atoms with Crippen LogP contribution in [0.5, 0.6) is 0 Å². The number of hydrogen-bond donors (Lipinski definition) is 2. The minimum atomic E-state index is -3.72. The van der Waals surface area contributed by atoms with E-state index in [0.29, 0.717) is 24.2 Å². The highest BCUT2D eigenvalue weighted by atomic mass is 32.2. The Bertz CT molecular complexity index is 609. The van der Waals surface area contributed by atoms with Crippen LogP contribution in [0.3, 0.4) is 0 Å². The van der Waals surface area contributed by atoms with E-state index in [1.54, 1.807) is 13.8 Å². The second kappa shape index (κ2) is 6.34. The quantitative estimate of drug-likeness (QED) is 0.641. The molecule has 0 bridgehead atoms. The van der Waals surface area contributed by atoms with E-state index in [4.69, 9.17) is 0 Å². The normalized spacial score (nSPS) is 11.8. The van der Waals surface area contributed by atoms with Gasteiger partial charge in [0.1, 0.15) is 0 Å². The second-order valence-corrected chi connectivity index (χ2v) is 6.79. The van der Waals surface area contributed by atoms with Crippen molar-refractivity contribution in [1.82, 2.24) is 4.72 Å². The summed E-state index contributed by atoms with van der Waals surface area (Å²) in [6.45, 7) is 4.25. The number of carbonyl (C=O) groups excluding carboxylic acids is 1. The summed E-state index contributed by atoms with van der Waals surface area (Å²) in [5, 5.41) is 10.9. The van der Waals surface area contributed by atoms with Gasteiger partial charge in [0.25, 0.3) is 0 Å². The first-order valence-corrected chi connectivity index (χ1v) is 7.74. The Morgan fingerprint density at radius 3 is 2.40 bits per heavy atom. The van der Waals surface area contributed by atoms with Crippen molar-refractivity contribution in [3.63, 3.8) is 0 Å². The monoisotopic (exact) mass is 300 g/mol. The average Bonchev–Trinajstić information content (AvgIpc) is 2.31. The number of carboxylic acid groups (broad SMARTS) is 1. The Hall–Kier alpha value is -1.44. The molecule has 0 radical (unpaired) electrons. The lowest BCUT2D eigenvalue weighted by Crippen LogP contribution is -3.06. The van der Waals surface area contributed by atoms with Gasteiger partial charge >= 0.3 is 0 Å². The lowest BCUT2D eigenvalue weighted by molar-refractivity contribution is -0.856. The van der Waals surface area contributed by atoms with E-state index in [2.05, 4.69) is 4.72 Å². The predicted octanol–water partition coefficient (Wildman–Crippen LogP) is -1.91. The summed E-state index contributed by atoms with van der Waals surface area (Å²) in [4.78, 5) is 12.0. The largest absolute Gasteiger partial charge is 0.545 e. The van der Waals surface area contributed by atoms with E-state index in [9.17, 15) is 18.3 Å².